The van der Waals surface area contributed by atoms with Crippen molar-refractivity contribution < 1.29 is 5.11 Å². The Morgan fingerprint density at radius 1 is 1.50 bits per heavy atom. The molecule has 0 fully saturated rings. The number of aliphatic hydroxyl groups is 1. The number of hydrogen-bond acceptors (Lipinski definition) is 3. The summed E-state index contributed by atoms with van der Waals surface area (Å²) in [5, 5.41) is 10.9. The first-order valence-electron chi connectivity index (χ1n) is 6.24. The SMILES string of the molecule is CCn1cnc(C2(O)CC(N)c3ccccc32)c1. The van der Waals surface area contributed by atoms with Gasteiger partial charge in [0.15, 0.2) is 0 Å². The van der Waals surface area contributed by atoms with Gasteiger partial charge in [0, 0.05) is 25.2 Å². The fourth-order valence-electron chi connectivity index (χ4n) is 2.72. The van der Waals surface area contributed by atoms with Gasteiger partial charge in [-0.1, -0.05) is 24.3 Å². The van der Waals surface area contributed by atoms with E-state index in [-0.39, 0.29) is 6.04 Å². The van der Waals surface area contributed by atoms with Gasteiger partial charge >= 0.3 is 0 Å². The number of benzene rings is 1. The van der Waals surface area contributed by atoms with Gasteiger partial charge in [0.05, 0.1) is 12.0 Å². The van der Waals surface area contributed by atoms with Crippen LogP contribution in [0, 0.1) is 0 Å². The molecule has 2 unspecified atom stereocenters. The van der Waals surface area contributed by atoms with Crippen molar-refractivity contribution in [3.63, 3.8) is 0 Å². The highest BCUT2D eigenvalue weighted by Gasteiger charge is 2.43. The first-order valence-corrected chi connectivity index (χ1v) is 6.24. The van der Waals surface area contributed by atoms with Crippen molar-refractivity contribution in [3.05, 3.63) is 53.6 Å². The average Bonchev–Trinajstić information content (AvgIpc) is 2.96. The van der Waals surface area contributed by atoms with Gasteiger partial charge in [-0.2, -0.15) is 0 Å². The molecule has 0 saturated carbocycles. The highest BCUT2D eigenvalue weighted by molar-refractivity contribution is 5.44. The van der Waals surface area contributed by atoms with Crippen LogP contribution < -0.4 is 5.73 Å². The topological polar surface area (TPSA) is 64.1 Å². The standard InChI is InChI=1S/C14H17N3O/c1-2-17-8-13(16-9-17)14(18)7-12(15)10-5-3-4-6-11(10)14/h3-6,8-9,12,18H,2,7,15H2,1H3. The molecule has 0 amide bonds. The van der Waals surface area contributed by atoms with E-state index in [1.807, 2.05) is 42.0 Å². The predicted octanol–water partition coefficient (Wildman–Crippen LogP) is 1.54. The van der Waals surface area contributed by atoms with E-state index in [2.05, 4.69) is 4.98 Å². The van der Waals surface area contributed by atoms with Crippen LogP contribution in [0.1, 0.15) is 36.2 Å². The molecule has 18 heavy (non-hydrogen) atoms. The van der Waals surface area contributed by atoms with E-state index in [1.165, 1.54) is 0 Å². The van der Waals surface area contributed by atoms with Gasteiger partial charge in [0.1, 0.15) is 5.60 Å². The molecule has 1 aliphatic carbocycles. The van der Waals surface area contributed by atoms with Gasteiger partial charge in [-0.3, -0.25) is 0 Å². The van der Waals surface area contributed by atoms with Crippen molar-refractivity contribution in [2.45, 2.75) is 31.5 Å². The Labute approximate surface area is 106 Å². The Morgan fingerprint density at radius 3 is 3.00 bits per heavy atom. The molecule has 1 heterocycles. The molecule has 2 atom stereocenters. The summed E-state index contributed by atoms with van der Waals surface area (Å²) in [5.74, 6) is 0. The van der Waals surface area contributed by atoms with Gasteiger partial charge < -0.3 is 15.4 Å². The van der Waals surface area contributed by atoms with Crippen molar-refractivity contribution in [2.24, 2.45) is 5.73 Å². The Kier molecular flexibility index (Phi) is 2.50. The first-order chi connectivity index (χ1) is 8.65. The monoisotopic (exact) mass is 243 g/mol. The molecular weight excluding hydrogens is 226 g/mol. The molecule has 1 aliphatic rings. The molecule has 1 aromatic carbocycles. The minimum absolute atomic E-state index is 0.127. The molecule has 0 spiro atoms. The van der Waals surface area contributed by atoms with Crippen LogP contribution in [-0.2, 0) is 12.1 Å². The summed E-state index contributed by atoms with van der Waals surface area (Å²) in [4.78, 5) is 4.33. The maximum absolute atomic E-state index is 10.9. The largest absolute Gasteiger partial charge is 0.379 e. The van der Waals surface area contributed by atoms with Gasteiger partial charge in [-0.05, 0) is 18.1 Å². The molecule has 3 N–H and O–H groups in total. The van der Waals surface area contributed by atoms with Crippen LogP contribution in [0.25, 0.3) is 0 Å². The molecule has 4 heteroatoms. The second kappa shape index (κ2) is 3.93. The van der Waals surface area contributed by atoms with Crippen LogP contribution in [0.5, 0.6) is 0 Å². The number of aryl methyl sites for hydroxylation is 1. The minimum Gasteiger partial charge on any atom is -0.379 e. The number of fused-ring (bicyclic) bond motifs is 1. The van der Waals surface area contributed by atoms with Gasteiger partial charge in [-0.15, -0.1) is 0 Å². The highest BCUT2D eigenvalue weighted by atomic mass is 16.3. The number of aromatic nitrogens is 2. The summed E-state index contributed by atoms with van der Waals surface area (Å²) in [6.07, 6.45) is 4.14. The van der Waals surface area contributed by atoms with Crippen LogP contribution in [0.3, 0.4) is 0 Å². The van der Waals surface area contributed by atoms with Crippen LogP contribution in [-0.4, -0.2) is 14.7 Å². The lowest BCUT2D eigenvalue weighted by Crippen LogP contribution is -2.25. The first kappa shape index (κ1) is 11.4. The summed E-state index contributed by atoms with van der Waals surface area (Å²) in [6.45, 7) is 2.89. The van der Waals surface area contributed by atoms with Crippen molar-refractivity contribution in [1.29, 1.82) is 0 Å². The van der Waals surface area contributed by atoms with E-state index in [0.29, 0.717) is 12.1 Å². The van der Waals surface area contributed by atoms with Crippen LogP contribution in [0.4, 0.5) is 0 Å². The van der Waals surface area contributed by atoms with Crippen LogP contribution in [0.2, 0.25) is 0 Å². The van der Waals surface area contributed by atoms with Crippen LogP contribution >= 0.6 is 0 Å². The number of hydrogen-bond donors (Lipinski definition) is 2. The molecule has 4 nitrogen and oxygen atoms in total. The fourth-order valence-corrected chi connectivity index (χ4v) is 2.72. The van der Waals surface area contributed by atoms with E-state index in [9.17, 15) is 5.11 Å². The summed E-state index contributed by atoms with van der Waals surface area (Å²) in [6, 6.07) is 7.67. The van der Waals surface area contributed by atoms with E-state index in [1.54, 1.807) is 6.33 Å². The number of nitrogens with zero attached hydrogens (tertiary/aromatic N) is 2. The highest BCUT2D eigenvalue weighted by Crippen LogP contribution is 2.45. The number of imidazole rings is 1. The lowest BCUT2D eigenvalue weighted by atomic mass is 9.93. The predicted molar refractivity (Wildman–Crippen MR) is 68.9 cm³/mol. The summed E-state index contributed by atoms with van der Waals surface area (Å²) in [7, 11) is 0. The molecule has 0 saturated heterocycles. The van der Waals surface area contributed by atoms with Gasteiger partial charge in [-0.25, -0.2) is 4.98 Å². The number of nitrogens with two attached hydrogens (primary N) is 1. The van der Waals surface area contributed by atoms with Gasteiger partial charge in [0.25, 0.3) is 0 Å². The molecule has 0 bridgehead atoms. The summed E-state index contributed by atoms with van der Waals surface area (Å²) in [5.41, 5.74) is 7.65. The molecule has 3 rings (SSSR count). The third kappa shape index (κ3) is 1.50. The maximum Gasteiger partial charge on any atom is 0.135 e. The Bertz CT molecular complexity index is 578. The zero-order chi connectivity index (χ0) is 12.8. The smallest absolute Gasteiger partial charge is 0.135 e. The molecule has 2 aromatic rings. The Balaban J connectivity index is 2.11. The molecular formula is C14H17N3O. The minimum atomic E-state index is -1.05. The lowest BCUT2D eigenvalue weighted by Gasteiger charge is -2.21. The molecule has 0 aliphatic heterocycles. The second-order valence-electron chi connectivity index (χ2n) is 4.85. The molecule has 1 aromatic heterocycles. The second-order valence-corrected chi connectivity index (χ2v) is 4.85. The quantitative estimate of drug-likeness (QED) is 0.841. The lowest BCUT2D eigenvalue weighted by molar-refractivity contribution is 0.0734. The third-order valence-electron chi connectivity index (χ3n) is 3.74. The third-order valence-corrected chi connectivity index (χ3v) is 3.74. The van der Waals surface area contributed by atoms with Crippen molar-refractivity contribution in [1.82, 2.24) is 9.55 Å². The molecule has 0 radical (unpaired) electrons. The Hall–Kier alpha value is -1.65. The van der Waals surface area contributed by atoms with Crippen molar-refractivity contribution in [3.8, 4) is 0 Å². The van der Waals surface area contributed by atoms with Gasteiger partial charge in [0.2, 0.25) is 0 Å². The van der Waals surface area contributed by atoms with E-state index < -0.39 is 5.60 Å². The van der Waals surface area contributed by atoms with Crippen molar-refractivity contribution in [2.75, 3.05) is 0 Å². The zero-order valence-corrected chi connectivity index (χ0v) is 10.4. The van der Waals surface area contributed by atoms with Crippen LogP contribution in [0.15, 0.2) is 36.8 Å². The Morgan fingerprint density at radius 2 is 2.28 bits per heavy atom. The molecule has 94 valence electrons. The average molecular weight is 243 g/mol. The van der Waals surface area contributed by atoms with E-state index in [0.717, 1.165) is 17.7 Å². The van der Waals surface area contributed by atoms with E-state index >= 15 is 0 Å². The maximum atomic E-state index is 10.9. The normalized spacial score (nSPS) is 26.3. The summed E-state index contributed by atoms with van der Waals surface area (Å²) >= 11 is 0. The summed E-state index contributed by atoms with van der Waals surface area (Å²) < 4.78 is 1.96. The van der Waals surface area contributed by atoms with E-state index in [4.69, 9.17) is 5.73 Å². The fraction of sp³-hybridized carbons (Fsp3) is 0.357. The number of rotatable bonds is 2. The van der Waals surface area contributed by atoms with Crippen molar-refractivity contribution >= 4 is 0 Å². The zero-order valence-electron chi connectivity index (χ0n) is 10.4.